The summed E-state index contributed by atoms with van der Waals surface area (Å²) in [7, 11) is 0. The Balaban J connectivity index is 2.36. The van der Waals surface area contributed by atoms with Crippen LogP contribution in [0.25, 0.3) is 0 Å². The van der Waals surface area contributed by atoms with E-state index in [0.717, 1.165) is 12.8 Å². The first kappa shape index (κ1) is 13.8. The molecule has 2 aromatic rings. The molecule has 100 valence electrons. The first-order valence-electron chi connectivity index (χ1n) is 6.96. The number of hydrogen-bond donors (Lipinski definition) is 1. The minimum Gasteiger partial charge on any atom is -0.321 e. The van der Waals surface area contributed by atoms with Crippen molar-refractivity contribution in [1.29, 1.82) is 0 Å². The molecule has 1 unspecified atom stereocenters. The molecule has 0 heterocycles. The highest BCUT2D eigenvalue weighted by atomic mass is 14.7. The minimum absolute atomic E-state index is 0.279. The third-order valence-corrected chi connectivity index (χ3v) is 3.91. The molecule has 2 rings (SSSR count). The molecule has 0 aliphatic rings. The molecule has 0 radical (unpaired) electrons. The van der Waals surface area contributed by atoms with Gasteiger partial charge < -0.3 is 5.73 Å². The van der Waals surface area contributed by atoms with Crippen molar-refractivity contribution < 1.29 is 0 Å². The van der Waals surface area contributed by atoms with E-state index >= 15 is 0 Å². The SMILES string of the molecule is CCC(N)(Cc1ccccc1)c1ccc(C)cc1C. The Bertz CT molecular complexity index is 545. The second-order valence-corrected chi connectivity index (χ2v) is 5.49. The highest BCUT2D eigenvalue weighted by Crippen LogP contribution is 2.29. The lowest BCUT2D eigenvalue weighted by Gasteiger charge is -2.31. The number of benzene rings is 2. The van der Waals surface area contributed by atoms with E-state index in [9.17, 15) is 0 Å². The Morgan fingerprint density at radius 2 is 1.68 bits per heavy atom. The Morgan fingerprint density at radius 3 is 2.26 bits per heavy atom. The van der Waals surface area contributed by atoms with Crippen molar-refractivity contribution >= 4 is 0 Å². The summed E-state index contributed by atoms with van der Waals surface area (Å²) in [6.07, 6.45) is 1.82. The van der Waals surface area contributed by atoms with Crippen LogP contribution in [0.15, 0.2) is 48.5 Å². The summed E-state index contributed by atoms with van der Waals surface area (Å²) < 4.78 is 0. The quantitative estimate of drug-likeness (QED) is 0.872. The molecular formula is C18H23N. The Hall–Kier alpha value is -1.60. The molecule has 0 aliphatic carbocycles. The fraction of sp³-hybridized carbons (Fsp3) is 0.333. The molecule has 0 aromatic heterocycles. The van der Waals surface area contributed by atoms with Crippen LogP contribution in [-0.2, 0) is 12.0 Å². The predicted octanol–water partition coefficient (Wildman–Crippen LogP) is 4.11. The molecular weight excluding hydrogens is 230 g/mol. The van der Waals surface area contributed by atoms with Gasteiger partial charge in [0.05, 0.1) is 0 Å². The van der Waals surface area contributed by atoms with Gasteiger partial charge in [0.15, 0.2) is 0 Å². The molecule has 0 saturated carbocycles. The van der Waals surface area contributed by atoms with Crippen LogP contribution >= 0.6 is 0 Å². The first-order valence-corrected chi connectivity index (χ1v) is 6.96. The summed E-state index contributed by atoms with van der Waals surface area (Å²) in [6, 6.07) is 17.1. The number of nitrogens with two attached hydrogens (primary N) is 1. The van der Waals surface area contributed by atoms with Crippen molar-refractivity contribution in [3.63, 3.8) is 0 Å². The number of rotatable bonds is 4. The van der Waals surface area contributed by atoms with E-state index in [-0.39, 0.29) is 5.54 Å². The van der Waals surface area contributed by atoms with Crippen LogP contribution in [0.1, 0.15) is 35.6 Å². The van der Waals surface area contributed by atoms with Gasteiger partial charge in [0.25, 0.3) is 0 Å². The molecule has 0 spiro atoms. The van der Waals surface area contributed by atoms with Crippen LogP contribution in [0.3, 0.4) is 0 Å². The summed E-state index contributed by atoms with van der Waals surface area (Å²) >= 11 is 0. The van der Waals surface area contributed by atoms with Crippen LogP contribution in [0, 0.1) is 13.8 Å². The van der Waals surface area contributed by atoms with Crippen LogP contribution in [-0.4, -0.2) is 0 Å². The summed E-state index contributed by atoms with van der Waals surface area (Å²) in [6.45, 7) is 6.45. The molecule has 0 aliphatic heterocycles. The Labute approximate surface area is 116 Å². The molecule has 1 nitrogen and oxygen atoms in total. The van der Waals surface area contributed by atoms with Crippen LogP contribution in [0.4, 0.5) is 0 Å². The normalized spacial score (nSPS) is 14.1. The second kappa shape index (κ2) is 5.58. The monoisotopic (exact) mass is 253 g/mol. The third kappa shape index (κ3) is 3.05. The maximum atomic E-state index is 6.70. The van der Waals surface area contributed by atoms with Gasteiger partial charge in [-0.25, -0.2) is 0 Å². The van der Waals surface area contributed by atoms with Gasteiger partial charge in [-0.2, -0.15) is 0 Å². The van der Waals surface area contributed by atoms with Crippen molar-refractivity contribution in [2.24, 2.45) is 5.73 Å². The zero-order valence-electron chi connectivity index (χ0n) is 12.1. The van der Waals surface area contributed by atoms with Gasteiger partial charge in [0, 0.05) is 5.54 Å². The molecule has 0 bridgehead atoms. The fourth-order valence-electron chi connectivity index (χ4n) is 2.74. The average Bonchev–Trinajstić information content (AvgIpc) is 2.39. The van der Waals surface area contributed by atoms with Crippen LogP contribution in [0.2, 0.25) is 0 Å². The van der Waals surface area contributed by atoms with Gasteiger partial charge in [-0.15, -0.1) is 0 Å². The van der Waals surface area contributed by atoms with Gasteiger partial charge in [0.1, 0.15) is 0 Å². The summed E-state index contributed by atoms with van der Waals surface area (Å²) in [5.41, 5.74) is 11.6. The van der Waals surface area contributed by atoms with E-state index in [1.165, 1.54) is 22.3 Å². The van der Waals surface area contributed by atoms with Gasteiger partial charge in [0.2, 0.25) is 0 Å². The maximum Gasteiger partial charge on any atom is 0.0450 e. The van der Waals surface area contributed by atoms with Gasteiger partial charge in [-0.05, 0) is 43.4 Å². The van der Waals surface area contributed by atoms with E-state index < -0.39 is 0 Å². The molecule has 0 saturated heterocycles. The summed E-state index contributed by atoms with van der Waals surface area (Å²) in [4.78, 5) is 0. The first-order chi connectivity index (χ1) is 9.05. The zero-order valence-corrected chi connectivity index (χ0v) is 12.1. The maximum absolute atomic E-state index is 6.70. The number of hydrogen-bond acceptors (Lipinski definition) is 1. The smallest absolute Gasteiger partial charge is 0.0450 e. The lowest BCUT2D eigenvalue weighted by Crippen LogP contribution is -2.39. The zero-order chi connectivity index (χ0) is 13.9. The van der Waals surface area contributed by atoms with E-state index in [4.69, 9.17) is 5.73 Å². The van der Waals surface area contributed by atoms with E-state index in [1.807, 2.05) is 6.07 Å². The van der Waals surface area contributed by atoms with E-state index in [2.05, 4.69) is 63.2 Å². The Morgan fingerprint density at radius 1 is 1.00 bits per heavy atom. The fourth-order valence-corrected chi connectivity index (χ4v) is 2.74. The van der Waals surface area contributed by atoms with Gasteiger partial charge >= 0.3 is 0 Å². The molecule has 2 aromatic carbocycles. The highest BCUT2D eigenvalue weighted by molar-refractivity contribution is 5.37. The molecule has 2 N–H and O–H groups in total. The standard InChI is InChI=1S/C18H23N/c1-4-18(19,13-16-8-6-5-7-9-16)17-11-10-14(2)12-15(17)3/h5-12H,4,13,19H2,1-3H3. The lowest BCUT2D eigenvalue weighted by atomic mass is 9.80. The van der Waals surface area contributed by atoms with Crippen LogP contribution in [0.5, 0.6) is 0 Å². The molecule has 1 heteroatoms. The molecule has 0 amide bonds. The lowest BCUT2D eigenvalue weighted by molar-refractivity contribution is 0.422. The minimum atomic E-state index is -0.279. The Kier molecular flexibility index (Phi) is 4.06. The van der Waals surface area contributed by atoms with Crippen molar-refractivity contribution in [2.75, 3.05) is 0 Å². The van der Waals surface area contributed by atoms with E-state index in [1.54, 1.807) is 0 Å². The second-order valence-electron chi connectivity index (χ2n) is 5.49. The average molecular weight is 253 g/mol. The highest BCUT2D eigenvalue weighted by Gasteiger charge is 2.27. The van der Waals surface area contributed by atoms with E-state index in [0.29, 0.717) is 0 Å². The summed E-state index contributed by atoms with van der Waals surface area (Å²) in [5, 5.41) is 0. The molecule has 0 fully saturated rings. The third-order valence-electron chi connectivity index (χ3n) is 3.91. The molecule has 19 heavy (non-hydrogen) atoms. The molecule has 1 atom stereocenters. The number of aryl methyl sites for hydroxylation is 2. The van der Waals surface area contributed by atoms with Crippen molar-refractivity contribution in [3.8, 4) is 0 Å². The van der Waals surface area contributed by atoms with Crippen LogP contribution < -0.4 is 5.73 Å². The van der Waals surface area contributed by atoms with Crippen molar-refractivity contribution in [2.45, 2.75) is 39.2 Å². The van der Waals surface area contributed by atoms with Gasteiger partial charge in [-0.3, -0.25) is 0 Å². The predicted molar refractivity (Wildman–Crippen MR) is 82.2 cm³/mol. The van der Waals surface area contributed by atoms with Crippen molar-refractivity contribution in [3.05, 3.63) is 70.8 Å². The summed E-state index contributed by atoms with van der Waals surface area (Å²) in [5.74, 6) is 0. The largest absolute Gasteiger partial charge is 0.321 e. The topological polar surface area (TPSA) is 26.0 Å². The van der Waals surface area contributed by atoms with Crippen molar-refractivity contribution in [1.82, 2.24) is 0 Å². The van der Waals surface area contributed by atoms with Gasteiger partial charge in [-0.1, -0.05) is 61.0 Å².